The molecule has 0 radical (unpaired) electrons. The van der Waals surface area contributed by atoms with Gasteiger partial charge in [-0.25, -0.2) is 4.79 Å². The van der Waals surface area contributed by atoms with E-state index in [0.717, 1.165) is 5.56 Å². The lowest BCUT2D eigenvalue weighted by Crippen LogP contribution is -2.27. The van der Waals surface area contributed by atoms with Crippen LogP contribution in [0.5, 0.6) is 0 Å². The number of rotatable bonds is 3. The molecule has 0 bridgehead atoms. The second-order valence-corrected chi connectivity index (χ2v) is 3.98. The van der Waals surface area contributed by atoms with Gasteiger partial charge in [0.15, 0.2) is 0 Å². The number of amides is 2. The maximum Gasteiger partial charge on any atom is 0.321 e. The van der Waals surface area contributed by atoms with E-state index in [-0.39, 0.29) is 12.5 Å². The van der Waals surface area contributed by atoms with Crippen LogP contribution in [0.25, 0.3) is 0 Å². The van der Waals surface area contributed by atoms with Gasteiger partial charge in [-0.05, 0) is 29.3 Å². The fourth-order valence-corrected chi connectivity index (χ4v) is 1.31. The summed E-state index contributed by atoms with van der Waals surface area (Å²) in [5.74, 6) is 0. The minimum atomic E-state index is -0.420. The standard InChI is InChI=1S/C11H13ClN2O2/c1-14(2)11(16)13-9-5-3-4-8(6-9)7-10(12)15/h3-6H,7H2,1-2H3,(H,13,16). The Bertz CT molecular complexity index is 405. The van der Waals surface area contributed by atoms with Crippen LogP contribution in [-0.2, 0) is 11.2 Å². The number of nitrogens with zero attached hydrogens (tertiary/aromatic N) is 1. The largest absolute Gasteiger partial charge is 0.331 e. The third-order valence-electron chi connectivity index (χ3n) is 1.93. The van der Waals surface area contributed by atoms with Gasteiger partial charge in [0, 0.05) is 26.2 Å². The van der Waals surface area contributed by atoms with Crippen LogP contribution in [0.3, 0.4) is 0 Å². The minimum Gasteiger partial charge on any atom is -0.331 e. The van der Waals surface area contributed by atoms with Crippen molar-refractivity contribution in [2.45, 2.75) is 6.42 Å². The van der Waals surface area contributed by atoms with Gasteiger partial charge in [-0.15, -0.1) is 0 Å². The molecule has 1 N–H and O–H groups in total. The molecular formula is C11H13ClN2O2. The molecule has 86 valence electrons. The van der Waals surface area contributed by atoms with Crippen LogP contribution < -0.4 is 5.32 Å². The van der Waals surface area contributed by atoms with Gasteiger partial charge in [0.2, 0.25) is 5.24 Å². The number of hydrogen-bond donors (Lipinski definition) is 1. The highest BCUT2D eigenvalue weighted by atomic mass is 35.5. The Balaban J connectivity index is 2.74. The molecule has 0 aromatic heterocycles. The van der Waals surface area contributed by atoms with Crippen LogP contribution in [0.2, 0.25) is 0 Å². The fraction of sp³-hybridized carbons (Fsp3) is 0.273. The van der Waals surface area contributed by atoms with E-state index < -0.39 is 5.24 Å². The number of carbonyl (C=O) groups excluding carboxylic acids is 2. The Kier molecular flexibility index (Phi) is 4.31. The third kappa shape index (κ3) is 3.90. The van der Waals surface area contributed by atoms with Crippen LogP contribution in [-0.4, -0.2) is 30.3 Å². The van der Waals surface area contributed by atoms with Gasteiger partial charge in [-0.1, -0.05) is 12.1 Å². The Morgan fingerprint density at radius 2 is 2.06 bits per heavy atom. The molecule has 0 saturated carbocycles. The number of halogens is 1. The van der Waals surface area contributed by atoms with E-state index in [1.165, 1.54) is 4.90 Å². The van der Waals surface area contributed by atoms with E-state index in [2.05, 4.69) is 5.32 Å². The molecule has 2 amide bonds. The Labute approximate surface area is 99.2 Å². The zero-order valence-electron chi connectivity index (χ0n) is 9.16. The van der Waals surface area contributed by atoms with E-state index in [1.54, 1.807) is 38.4 Å². The maximum atomic E-state index is 11.4. The summed E-state index contributed by atoms with van der Waals surface area (Å²) >= 11 is 5.29. The smallest absolute Gasteiger partial charge is 0.321 e. The molecule has 4 nitrogen and oxygen atoms in total. The number of benzene rings is 1. The molecular weight excluding hydrogens is 228 g/mol. The summed E-state index contributed by atoms with van der Waals surface area (Å²) in [6, 6.07) is 6.81. The average Bonchev–Trinajstić information content (AvgIpc) is 2.16. The first-order chi connectivity index (χ1) is 7.49. The van der Waals surface area contributed by atoms with Crippen molar-refractivity contribution in [1.29, 1.82) is 0 Å². The quantitative estimate of drug-likeness (QED) is 0.823. The second-order valence-electron chi connectivity index (χ2n) is 3.56. The molecule has 0 atom stereocenters. The van der Waals surface area contributed by atoms with Crippen molar-refractivity contribution in [2.75, 3.05) is 19.4 Å². The van der Waals surface area contributed by atoms with E-state index in [0.29, 0.717) is 5.69 Å². The molecule has 0 saturated heterocycles. The highest BCUT2D eigenvalue weighted by Crippen LogP contribution is 2.12. The number of hydrogen-bond acceptors (Lipinski definition) is 2. The normalized spacial score (nSPS) is 9.69. The van der Waals surface area contributed by atoms with Crippen molar-refractivity contribution in [2.24, 2.45) is 0 Å². The molecule has 16 heavy (non-hydrogen) atoms. The van der Waals surface area contributed by atoms with Crippen molar-refractivity contribution in [3.05, 3.63) is 29.8 Å². The molecule has 0 unspecified atom stereocenters. The number of nitrogens with one attached hydrogen (secondary N) is 1. The van der Waals surface area contributed by atoms with Crippen molar-refractivity contribution in [3.8, 4) is 0 Å². The summed E-state index contributed by atoms with van der Waals surface area (Å²) in [4.78, 5) is 23.5. The summed E-state index contributed by atoms with van der Waals surface area (Å²) < 4.78 is 0. The molecule has 0 aliphatic carbocycles. The molecule has 0 aliphatic heterocycles. The van der Waals surface area contributed by atoms with Crippen molar-refractivity contribution < 1.29 is 9.59 Å². The molecule has 0 spiro atoms. The Hall–Kier alpha value is -1.55. The zero-order valence-corrected chi connectivity index (χ0v) is 9.91. The van der Waals surface area contributed by atoms with Gasteiger partial charge in [-0.2, -0.15) is 0 Å². The molecule has 1 rings (SSSR count). The number of anilines is 1. The monoisotopic (exact) mass is 240 g/mol. The van der Waals surface area contributed by atoms with E-state index in [1.807, 2.05) is 0 Å². The lowest BCUT2D eigenvalue weighted by atomic mass is 10.1. The highest BCUT2D eigenvalue weighted by molar-refractivity contribution is 6.63. The molecule has 0 fully saturated rings. The Morgan fingerprint density at radius 3 is 2.62 bits per heavy atom. The zero-order chi connectivity index (χ0) is 12.1. The summed E-state index contributed by atoms with van der Waals surface area (Å²) in [5, 5.41) is 2.27. The molecule has 0 aliphatic rings. The summed E-state index contributed by atoms with van der Waals surface area (Å²) in [6.45, 7) is 0. The molecule has 0 heterocycles. The van der Waals surface area contributed by atoms with Crippen LogP contribution in [0.1, 0.15) is 5.56 Å². The van der Waals surface area contributed by atoms with E-state index >= 15 is 0 Å². The van der Waals surface area contributed by atoms with Gasteiger partial charge in [0.25, 0.3) is 0 Å². The van der Waals surface area contributed by atoms with Gasteiger partial charge in [0.1, 0.15) is 0 Å². The first kappa shape index (κ1) is 12.5. The first-order valence-corrected chi connectivity index (χ1v) is 5.12. The lowest BCUT2D eigenvalue weighted by Gasteiger charge is -2.12. The van der Waals surface area contributed by atoms with E-state index in [4.69, 9.17) is 11.6 Å². The number of carbonyl (C=O) groups is 2. The molecule has 1 aromatic carbocycles. The van der Waals surface area contributed by atoms with Crippen LogP contribution in [0.15, 0.2) is 24.3 Å². The van der Waals surface area contributed by atoms with Crippen LogP contribution in [0.4, 0.5) is 10.5 Å². The lowest BCUT2D eigenvalue weighted by molar-refractivity contribution is -0.111. The van der Waals surface area contributed by atoms with Crippen LogP contribution >= 0.6 is 11.6 Å². The molecule has 5 heteroatoms. The SMILES string of the molecule is CN(C)C(=O)Nc1cccc(CC(=O)Cl)c1. The van der Waals surface area contributed by atoms with Gasteiger partial charge in [0.05, 0.1) is 0 Å². The fourth-order valence-electron chi connectivity index (χ4n) is 1.15. The summed E-state index contributed by atoms with van der Waals surface area (Å²) in [6.07, 6.45) is 0.160. The predicted octanol–water partition coefficient (Wildman–Crippen LogP) is 2.09. The minimum absolute atomic E-state index is 0.160. The third-order valence-corrected chi connectivity index (χ3v) is 2.06. The van der Waals surface area contributed by atoms with Crippen molar-refractivity contribution in [3.63, 3.8) is 0 Å². The first-order valence-electron chi connectivity index (χ1n) is 4.74. The van der Waals surface area contributed by atoms with Gasteiger partial charge < -0.3 is 10.2 Å². The van der Waals surface area contributed by atoms with Gasteiger partial charge in [-0.3, -0.25) is 4.79 Å². The highest BCUT2D eigenvalue weighted by Gasteiger charge is 2.05. The summed E-state index contributed by atoms with van der Waals surface area (Å²) in [5.41, 5.74) is 1.42. The average molecular weight is 241 g/mol. The number of urea groups is 1. The summed E-state index contributed by atoms with van der Waals surface area (Å²) in [7, 11) is 3.31. The second kappa shape index (κ2) is 5.51. The Morgan fingerprint density at radius 1 is 1.38 bits per heavy atom. The van der Waals surface area contributed by atoms with E-state index in [9.17, 15) is 9.59 Å². The van der Waals surface area contributed by atoms with Crippen molar-refractivity contribution >= 4 is 28.6 Å². The van der Waals surface area contributed by atoms with Gasteiger partial charge >= 0.3 is 6.03 Å². The molecule has 1 aromatic rings. The predicted molar refractivity (Wildman–Crippen MR) is 63.7 cm³/mol. The van der Waals surface area contributed by atoms with Crippen molar-refractivity contribution in [1.82, 2.24) is 4.90 Å². The maximum absolute atomic E-state index is 11.4. The topological polar surface area (TPSA) is 49.4 Å². The van der Waals surface area contributed by atoms with Crippen LogP contribution in [0, 0.1) is 0 Å².